The average molecular weight is 410 g/mol. The summed E-state index contributed by atoms with van der Waals surface area (Å²) in [7, 11) is 3.00. The predicted octanol–water partition coefficient (Wildman–Crippen LogP) is 3.71. The Labute approximate surface area is 175 Å². The molecule has 1 unspecified atom stereocenters. The van der Waals surface area contributed by atoms with Crippen molar-refractivity contribution in [2.24, 2.45) is 0 Å². The third-order valence-electron chi connectivity index (χ3n) is 5.17. The Kier molecular flexibility index (Phi) is 6.72. The summed E-state index contributed by atoms with van der Waals surface area (Å²) in [5.41, 5.74) is 0.929. The van der Waals surface area contributed by atoms with Crippen molar-refractivity contribution in [1.82, 2.24) is 9.88 Å². The number of ketones is 1. The van der Waals surface area contributed by atoms with Crippen LogP contribution >= 0.6 is 0 Å². The molecule has 1 aliphatic heterocycles. The minimum atomic E-state index is -0.740. The largest absolute Gasteiger partial charge is 0.507 e. The number of aliphatic hydroxyl groups excluding tert-OH is 1. The SMILES string of the molecule is CCCCCN1C(=O)C(=O)/C(=C(\O)c2ccc(OC)c(OC)c2)C1c1ccccn1. The maximum atomic E-state index is 12.9. The lowest BCUT2D eigenvalue weighted by atomic mass is 9.98. The molecule has 1 aromatic carbocycles. The predicted molar refractivity (Wildman–Crippen MR) is 112 cm³/mol. The zero-order valence-electron chi connectivity index (χ0n) is 17.4. The van der Waals surface area contributed by atoms with Crippen LogP contribution in [-0.2, 0) is 9.59 Å². The topological polar surface area (TPSA) is 89.0 Å². The van der Waals surface area contributed by atoms with E-state index in [0.29, 0.717) is 29.3 Å². The number of aliphatic hydroxyl groups is 1. The number of likely N-dealkylation sites (tertiary alicyclic amines) is 1. The lowest BCUT2D eigenvalue weighted by molar-refractivity contribution is -0.140. The molecule has 1 amide bonds. The van der Waals surface area contributed by atoms with Gasteiger partial charge in [0.25, 0.3) is 11.7 Å². The molecule has 0 bridgehead atoms. The standard InChI is InChI=1S/C23H26N2O5/c1-4-5-8-13-25-20(16-9-6-7-12-24-16)19(22(27)23(25)28)21(26)15-10-11-17(29-2)18(14-15)30-3/h6-7,9-12,14,20,26H,4-5,8,13H2,1-3H3/b21-19-. The van der Waals surface area contributed by atoms with E-state index in [1.807, 2.05) is 0 Å². The molecule has 0 saturated carbocycles. The van der Waals surface area contributed by atoms with Crippen LogP contribution in [0.3, 0.4) is 0 Å². The number of Topliss-reactive ketones (excluding diaryl/α,β-unsaturated/α-hetero) is 1. The molecule has 2 aromatic rings. The first-order chi connectivity index (χ1) is 14.5. The first-order valence-corrected chi connectivity index (χ1v) is 9.95. The summed E-state index contributed by atoms with van der Waals surface area (Å²) >= 11 is 0. The number of methoxy groups -OCH3 is 2. The van der Waals surface area contributed by atoms with Gasteiger partial charge in [0.1, 0.15) is 11.8 Å². The van der Waals surface area contributed by atoms with E-state index in [-0.39, 0.29) is 11.3 Å². The highest BCUT2D eigenvalue weighted by atomic mass is 16.5. The molecule has 1 aromatic heterocycles. The maximum Gasteiger partial charge on any atom is 0.295 e. The smallest absolute Gasteiger partial charge is 0.295 e. The van der Waals surface area contributed by atoms with Crippen molar-refractivity contribution in [3.05, 3.63) is 59.4 Å². The summed E-state index contributed by atoms with van der Waals surface area (Å²) in [6.45, 7) is 2.49. The van der Waals surface area contributed by atoms with Crippen LogP contribution in [0.1, 0.15) is 43.5 Å². The number of unbranched alkanes of at least 4 members (excludes halogenated alkanes) is 2. The van der Waals surface area contributed by atoms with E-state index in [0.717, 1.165) is 19.3 Å². The van der Waals surface area contributed by atoms with Gasteiger partial charge in [-0.25, -0.2) is 0 Å². The Morgan fingerprint density at radius 3 is 2.50 bits per heavy atom. The molecule has 1 atom stereocenters. The molecule has 1 saturated heterocycles. The molecule has 7 nitrogen and oxygen atoms in total. The number of hydrogen-bond donors (Lipinski definition) is 1. The second-order valence-electron chi connectivity index (χ2n) is 7.02. The van der Waals surface area contributed by atoms with E-state index in [9.17, 15) is 14.7 Å². The van der Waals surface area contributed by atoms with Gasteiger partial charge in [0.15, 0.2) is 11.5 Å². The van der Waals surface area contributed by atoms with Crippen molar-refractivity contribution in [1.29, 1.82) is 0 Å². The summed E-state index contributed by atoms with van der Waals surface area (Å²) in [5, 5.41) is 11.1. The second kappa shape index (κ2) is 9.43. The normalized spacial score (nSPS) is 18.0. The second-order valence-corrected chi connectivity index (χ2v) is 7.02. The van der Waals surface area contributed by atoms with Crippen LogP contribution in [0, 0.1) is 0 Å². The molecule has 0 spiro atoms. The van der Waals surface area contributed by atoms with Crippen LogP contribution in [0.15, 0.2) is 48.2 Å². The first kappa shape index (κ1) is 21.4. The van der Waals surface area contributed by atoms with E-state index >= 15 is 0 Å². The molecule has 0 radical (unpaired) electrons. The van der Waals surface area contributed by atoms with Gasteiger partial charge in [-0.1, -0.05) is 25.8 Å². The Balaban J connectivity index is 2.12. The highest BCUT2D eigenvalue weighted by Gasteiger charge is 2.46. The number of rotatable bonds is 8. The molecule has 7 heteroatoms. The number of hydrogen-bond acceptors (Lipinski definition) is 6. The zero-order chi connectivity index (χ0) is 21.7. The molecular formula is C23H26N2O5. The van der Waals surface area contributed by atoms with E-state index in [4.69, 9.17) is 9.47 Å². The average Bonchev–Trinajstić information content (AvgIpc) is 3.03. The van der Waals surface area contributed by atoms with Crippen molar-refractivity contribution in [2.75, 3.05) is 20.8 Å². The third-order valence-corrected chi connectivity index (χ3v) is 5.17. The van der Waals surface area contributed by atoms with Gasteiger partial charge >= 0.3 is 0 Å². The summed E-state index contributed by atoms with van der Waals surface area (Å²) in [6, 6.07) is 9.42. The van der Waals surface area contributed by atoms with Crippen molar-refractivity contribution in [2.45, 2.75) is 32.2 Å². The Bertz CT molecular complexity index is 955. The van der Waals surface area contributed by atoms with Crippen LogP contribution in [0.5, 0.6) is 11.5 Å². The Hall–Kier alpha value is -3.35. The summed E-state index contributed by atoms with van der Waals surface area (Å²) in [5.74, 6) is -0.690. The summed E-state index contributed by atoms with van der Waals surface area (Å²) in [6.07, 6.45) is 4.30. The molecule has 3 rings (SSSR count). The molecule has 1 fully saturated rings. The van der Waals surface area contributed by atoms with Crippen molar-refractivity contribution >= 4 is 17.4 Å². The van der Waals surface area contributed by atoms with Crippen LogP contribution in [0.4, 0.5) is 0 Å². The van der Waals surface area contributed by atoms with Gasteiger partial charge < -0.3 is 19.5 Å². The molecule has 1 N–H and O–H groups in total. The fraction of sp³-hybridized carbons (Fsp3) is 0.348. The summed E-state index contributed by atoms with van der Waals surface area (Å²) < 4.78 is 10.5. The van der Waals surface area contributed by atoms with Crippen LogP contribution < -0.4 is 9.47 Å². The molecule has 0 aliphatic carbocycles. The first-order valence-electron chi connectivity index (χ1n) is 9.95. The highest BCUT2D eigenvalue weighted by Crippen LogP contribution is 2.40. The number of nitrogens with zero attached hydrogens (tertiary/aromatic N) is 2. The van der Waals surface area contributed by atoms with Crippen molar-refractivity contribution in [3.63, 3.8) is 0 Å². The number of amides is 1. The lowest BCUT2D eigenvalue weighted by Gasteiger charge is -2.24. The molecule has 1 aliphatic rings. The fourth-order valence-corrected chi connectivity index (χ4v) is 3.63. The van der Waals surface area contributed by atoms with Crippen LogP contribution in [0.25, 0.3) is 5.76 Å². The Morgan fingerprint density at radius 2 is 1.87 bits per heavy atom. The molecule has 30 heavy (non-hydrogen) atoms. The van der Waals surface area contributed by atoms with Crippen LogP contribution in [-0.4, -0.2) is 47.4 Å². The van der Waals surface area contributed by atoms with Gasteiger partial charge in [-0.3, -0.25) is 14.6 Å². The lowest BCUT2D eigenvalue weighted by Crippen LogP contribution is -2.31. The van der Waals surface area contributed by atoms with Gasteiger partial charge in [0, 0.05) is 18.3 Å². The van der Waals surface area contributed by atoms with Gasteiger partial charge in [0.05, 0.1) is 25.5 Å². The Morgan fingerprint density at radius 1 is 1.10 bits per heavy atom. The van der Waals surface area contributed by atoms with Crippen molar-refractivity contribution in [3.8, 4) is 11.5 Å². The van der Waals surface area contributed by atoms with E-state index in [2.05, 4.69) is 11.9 Å². The quantitative estimate of drug-likeness (QED) is 0.309. The van der Waals surface area contributed by atoms with Crippen molar-refractivity contribution < 1.29 is 24.2 Å². The van der Waals surface area contributed by atoms with Gasteiger partial charge in [-0.15, -0.1) is 0 Å². The zero-order valence-corrected chi connectivity index (χ0v) is 17.4. The monoisotopic (exact) mass is 410 g/mol. The fourth-order valence-electron chi connectivity index (χ4n) is 3.63. The van der Waals surface area contributed by atoms with E-state index in [1.54, 1.807) is 42.6 Å². The van der Waals surface area contributed by atoms with Gasteiger partial charge in [0.2, 0.25) is 0 Å². The number of benzene rings is 1. The molecule has 2 heterocycles. The maximum absolute atomic E-state index is 12.9. The number of pyridine rings is 1. The van der Waals surface area contributed by atoms with Crippen LogP contribution in [0.2, 0.25) is 0 Å². The number of carbonyl (C=O) groups is 2. The number of carbonyl (C=O) groups excluding carboxylic acids is 2. The third kappa shape index (κ3) is 4.01. The molecule has 158 valence electrons. The minimum absolute atomic E-state index is 0.0300. The highest BCUT2D eigenvalue weighted by molar-refractivity contribution is 6.46. The minimum Gasteiger partial charge on any atom is -0.507 e. The van der Waals surface area contributed by atoms with Gasteiger partial charge in [-0.2, -0.15) is 0 Å². The summed E-state index contributed by atoms with van der Waals surface area (Å²) in [4.78, 5) is 31.6. The van der Waals surface area contributed by atoms with Gasteiger partial charge in [-0.05, 0) is 36.8 Å². The molecular weight excluding hydrogens is 384 g/mol. The number of aromatic nitrogens is 1. The van der Waals surface area contributed by atoms with E-state index < -0.39 is 17.7 Å². The van der Waals surface area contributed by atoms with E-state index in [1.165, 1.54) is 19.1 Å². The number of ether oxygens (including phenoxy) is 2.